The number of aromatic nitrogens is 2. The number of hydrazine groups is 1. The fourth-order valence-corrected chi connectivity index (χ4v) is 2.96. The molecule has 0 aliphatic heterocycles. The third-order valence-corrected chi connectivity index (χ3v) is 4.12. The zero-order valence-electron chi connectivity index (χ0n) is 11.7. The monoisotopic (exact) mass is 315 g/mol. The van der Waals surface area contributed by atoms with Crippen molar-refractivity contribution in [2.24, 2.45) is 5.84 Å². The van der Waals surface area contributed by atoms with Crippen LogP contribution in [0.25, 0.3) is 16.5 Å². The lowest BCUT2D eigenvalue weighted by Gasteiger charge is -2.08. The normalized spacial score (nSPS) is 10.8. The van der Waals surface area contributed by atoms with Gasteiger partial charge in [-0.15, -0.1) is 11.3 Å². The van der Waals surface area contributed by atoms with Crippen molar-refractivity contribution in [2.45, 2.75) is 6.92 Å². The third kappa shape index (κ3) is 2.14. The van der Waals surface area contributed by atoms with E-state index in [4.69, 9.17) is 11.6 Å². The van der Waals surface area contributed by atoms with Crippen LogP contribution in [0.15, 0.2) is 34.4 Å². The van der Waals surface area contributed by atoms with Gasteiger partial charge in [0.2, 0.25) is 0 Å². The standard InChI is InChI=1S/C14H13N5O2S/c1-7-2-4-8(5-3-7)19-14(21)10-9(6-22-12(10)15)11(18-19)13(20)17-16/h2-6H,15-16H2,1H3,(H,17,20). The Morgan fingerprint density at radius 1 is 1.32 bits per heavy atom. The first-order chi connectivity index (χ1) is 10.5. The minimum Gasteiger partial charge on any atom is -0.390 e. The molecule has 112 valence electrons. The van der Waals surface area contributed by atoms with E-state index < -0.39 is 5.91 Å². The zero-order chi connectivity index (χ0) is 15.9. The van der Waals surface area contributed by atoms with Gasteiger partial charge in [-0.05, 0) is 19.1 Å². The molecule has 5 N–H and O–H groups in total. The maximum atomic E-state index is 12.6. The maximum absolute atomic E-state index is 12.6. The van der Waals surface area contributed by atoms with Gasteiger partial charge >= 0.3 is 0 Å². The number of rotatable bonds is 2. The molecule has 2 aromatic heterocycles. The molecule has 0 saturated heterocycles. The van der Waals surface area contributed by atoms with Crippen molar-refractivity contribution in [1.29, 1.82) is 0 Å². The van der Waals surface area contributed by atoms with Crippen LogP contribution < -0.4 is 22.6 Å². The molecule has 2 heterocycles. The Balaban J connectivity index is 2.38. The van der Waals surface area contributed by atoms with Crippen molar-refractivity contribution in [1.82, 2.24) is 15.2 Å². The van der Waals surface area contributed by atoms with Crippen molar-refractivity contribution in [3.8, 4) is 5.69 Å². The van der Waals surface area contributed by atoms with Crippen LogP contribution in [-0.2, 0) is 0 Å². The summed E-state index contributed by atoms with van der Waals surface area (Å²) in [4.78, 5) is 24.6. The number of hydrogen-bond donors (Lipinski definition) is 3. The van der Waals surface area contributed by atoms with Crippen molar-refractivity contribution >= 4 is 33.0 Å². The molecule has 0 fully saturated rings. The number of fused-ring (bicyclic) bond motifs is 1. The lowest BCUT2D eigenvalue weighted by atomic mass is 10.2. The highest BCUT2D eigenvalue weighted by Crippen LogP contribution is 2.27. The van der Waals surface area contributed by atoms with Crippen LogP contribution in [0, 0.1) is 6.92 Å². The van der Waals surface area contributed by atoms with Gasteiger partial charge in [0.25, 0.3) is 11.5 Å². The summed E-state index contributed by atoms with van der Waals surface area (Å²) in [6.07, 6.45) is 0. The number of nitrogens with one attached hydrogen (secondary N) is 1. The summed E-state index contributed by atoms with van der Waals surface area (Å²) < 4.78 is 1.16. The van der Waals surface area contributed by atoms with E-state index in [-0.39, 0.29) is 16.6 Å². The number of nitrogens with two attached hydrogens (primary N) is 2. The van der Waals surface area contributed by atoms with E-state index in [9.17, 15) is 9.59 Å². The Labute approximate surface area is 129 Å². The number of amides is 1. The van der Waals surface area contributed by atoms with Gasteiger partial charge in [-0.1, -0.05) is 17.7 Å². The number of anilines is 1. The summed E-state index contributed by atoms with van der Waals surface area (Å²) in [5.74, 6) is 4.61. The second kappa shape index (κ2) is 5.24. The van der Waals surface area contributed by atoms with E-state index in [1.165, 1.54) is 11.3 Å². The molecule has 0 atom stereocenters. The lowest BCUT2D eigenvalue weighted by Crippen LogP contribution is -2.33. The number of carbonyl (C=O) groups is 1. The minimum absolute atomic E-state index is 0.0608. The quantitative estimate of drug-likeness (QED) is 0.370. The Hall–Kier alpha value is -2.71. The van der Waals surface area contributed by atoms with Crippen LogP contribution in [-0.4, -0.2) is 15.7 Å². The molecule has 3 rings (SSSR count). The number of benzene rings is 1. The summed E-state index contributed by atoms with van der Waals surface area (Å²) in [7, 11) is 0. The van der Waals surface area contributed by atoms with E-state index >= 15 is 0 Å². The van der Waals surface area contributed by atoms with Crippen molar-refractivity contribution in [2.75, 3.05) is 5.73 Å². The van der Waals surface area contributed by atoms with Crippen LogP contribution in [0.4, 0.5) is 5.00 Å². The molecule has 1 aromatic carbocycles. The van der Waals surface area contributed by atoms with Crippen LogP contribution >= 0.6 is 11.3 Å². The summed E-state index contributed by atoms with van der Waals surface area (Å²) in [6, 6.07) is 7.21. The molecule has 0 unspecified atom stereocenters. The first-order valence-corrected chi connectivity index (χ1v) is 7.29. The third-order valence-electron chi connectivity index (χ3n) is 3.31. The fourth-order valence-electron chi connectivity index (χ4n) is 2.17. The zero-order valence-corrected chi connectivity index (χ0v) is 12.5. The first kappa shape index (κ1) is 14.2. The number of nitrogen functional groups attached to an aromatic ring is 2. The van der Waals surface area contributed by atoms with E-state index in [0.29, 0.717) is 16.1 Å². The van der Waals surface area contributed by atoms with Gasteiger partial charge in [-0.25, -0.2) is 5.84 Å². The number of thiophene rings is 1. The van der Waals surface area contributed by atoms with Crippen molar-refractivity contribution < 1.29 is 4.79 Å². The molecular formula is C14H13N5O2S. The second-order valence-corrected chi connectivity index (χ2v) is 5.67. The van der Waals surface area contributed by atoms with Gasteiger partial charge in [0.15, 0.2) is 5.69 Å². The molecule has 0 saturated carbocycles. The van der Waals surface area contributed by atoms with Gasteiger partial charge < -0.3 is 5.73 Å². The Morgan fingerprint density at radius 3 is 2.64 bits per heavy atom. The Bertz CT molecular complexity index is 927. The highest BCUT2D eigenvalue weighted by molar-refractivity contribution is 7.15. The molecule has 7 nitrogen and oxygen atoms in total. The molecule has 22 heavy (non-hydrogen) atoms. The van der Waals surface area contributed by atoms with Crippen LogP contribution in [0.1, 0.15) is 16.1 Å². The average Bonchev–Trinajstić information content (AvgIpc) is 2.91. The molecule has 0 bridgehead atoms. The number of hydrogen-bond acceptors (Lipinski definition) is 6. The highest BCUT2D eigenvalue weighted by Gasteiger charge is 2.19. The van der Waals surface area contributed by atoms with Gasteiger partial charge in [-0.2, -0.15) is 9.78 Å². The maximum Gasteiger partial charge on any atom is 0.286 e. The van der Waals surface area contributed by atoms with Crippen molar-refractivity contribution in [3.05, 3.63) is 51.3 Å². The minimum atomic E-state index is -0.580. The van der Waals surface area contributed by atoms with E-state index in [0.717, 1.165) is 10.2 Å². The Morgan fingerprint density at radius 2 is 2.00 bits per heavy atom. The van der Waals surface area contributed by atoms with Crippen LogP contribution in [0.2, 0.25) is 0 Å². The largest absolute Gasteiger partial charge is 0.390 e. The van der Waals surface area contributed by atoms with Gasteiger partial charge in [0, 0.05) is 10.8 Å². The summed E-state index contributed by atoms with van der Waals surface area (Å²) in [6.45, 7) is 1.94. The molecule has 3 aromatic rings. The molecule has 1 amide bonds. The second-order valence-electron chi connectivity index (χ2n) is 4.76. The molecule has 0 aliphatic carbocycles. The van der Waals surface area contributed by atoms with Gasteiger partial charge in [0.05, 0.1) is 16.1 Å². The molecule has 0 spiro atoms. The SMILES string of the molecule is Cc1ccc(-n2nc(C(=O)NN)c3csc(N)c3c2=O)cc1. The fraction of sp³-hybridized carbons (Fsp3) is 0.0714. The van der Waals surface area contributed by atoms with Gasteiger partial charge in [0.1, 0.15) is 0 Å². The predicted octanol–water partition coefficient (Wildman–Crippen LogP) is 0.941. The van der Waals surface area contributed by atoms with Gasteiger partial charge in [-0.3, -0.25) is 15.0 Å². The molecular weight excluding hydrogens is 302 g/mol. The van der Waals surface area contributed by atoms with E-state index in [1.807, 2.05) is 24.5 Å². The average molecular weight is 315 g/mol. The van der Waals surface area contributed by atoms with E-state index in [1.54, 1.807) is 17.5 Å². The topological polar surface area (TPSA) is 116 Å². The molecule has 8 heteroatoms. The summed E-state index contributed by atoms with van der Waals surface area (Å²) in [5, 5.41) is 6.80. The smallest absolute Gasteiger partial charge is 0.286 e. The van der Waals surface area contributed by atoms with Crippen molar-refractivity contribution in [3.63, 3.8) is 0 Å². The van der Waals surface area contributed by atoms with Crippen LogP contribution in [0.3, 0.4) is 0 Å². The van der Waals surface area contributed by atoms with Crippen LogP contribution in [0.5, 0.6) is 0 Å². The Kier molecular flexibility index (Phi) is 3.39. The first-order valence-electron chi connectivity index (χ1n) is 6.41. The number of nitrogens with zero attached hydrogens (tertiary/aromatic N) is 2. The number of aryl methyl sites for hydroxylation is 1. The molecule has 0 radical (unpaired) electrons. The molecule has 0 aliphatic rings. The highest BCUT2D eigenvalue weighted by atomic mass is 32.1. The predicted molar refractivity (Wildman–Crippen MR) is 86.0 cm³/mol. The number of carbonyl (C=O) groups excluding carboxylic acids is 1. The summed E-state index contributed by atoms with van der Waals surface area (Å²) >= 11 is 1.18. The lowest BCUT2D eigenvalue weighted by molar-refractivity contribution is 0.0949. The summed E-state index contributed by atoms with van der Waals surface area (Å²) in [5.41, 5.74) is 9.20. The van der Waals surface area contributed by atoms with E-state index in [2.05, 4.69) is 5.10 Å².